The number of carboxylic acids is 1. The second kappa shape index (κ2) is 5.15. The molecule has 0 heterocycles. The third-order valence-corrected chi connectivity index (χ3v) is 2.73. The van der Waals surface area contributed by atoms with Crippen molar-refractivity contribution in [2.75, 3.05) is 0 Å². The molecule has 1 fully saturated rings. The Hall–Kier alpha value is -0.830. The van der Waals surface area contributed by atoms with Crippen molar-refractivity contribution in [1.29, 1.82) is 0 Å². The van der Waals surface area contributed by atoms with Gasteiger partial charge in [-0.3, -0.25) is 4.79 Å². The number of aliphatic hydroxyl groups is 1. The van der Waals surface area contributed by atoms with E-state index in [1.54, 1.807) is 6.08 Å². The molecule has 3 heteroatoms. The lowest BCUT2D eigenvalue weighted by Crippen LogP contribution is -2.23. The fraction of sp³-hybridized carbons (Fsp3) is 0.727. The average Bonchev–Trinajstić information content (AvgIpc) is 2.86. The van der Waals surface area contributed by atoms with E-state index in [0.717, 1.165) is 6.42 Å². The Morgan fingerprint density at radius 2 is 2.21 bits per heavy atom. The van der Waals surface area contributed by atoms with Crippen molar-refractivity contribution in [2.45, 2.75) is 38.2 Å². The lowest BCUT2D eigenvalue weighted by Gasteiger charge is -2.19. The molecule has 0 saturated heterocycles. The van der Waals surface area contributed by atoms with Crippen molar-refractivity contribution in [3.05, 3.63) is 12.7 Å². The first-order valence-electron chi connectivity index (χ1n) is 5.14. The molecule has 0 spiro atoms. The minimum absolute atomic E-state index is 0.0797. The van der Waals surface area contributed by atoms with Crippen LogP contribution in [0.3, 0.4) is 0 Å². The maximum Gasteiger partial charge on any atom is 0.305 e. The highest BCUT2D eigenvalue weighted by Gasteiger charge is 2.29. The van der Waals surface area contributed by atoms with Crippen molar-refractivity contribution in [3.8, 4) is 0 Å². The molecular weight excluding hydrogens is 180 g/mol. The van der Waals surface area contributed by atoms with Crippen LogP contribution < -0.4 is 0 Å². The van der Waals surface area contributed by atoms with Gasteiger partial charge in [0.2, 0.25) is 0 Å². The van der Waals surface area contributed by atoms with Gasteiger partial charge in [0, 0.05) is 0 Å². The highest BCUT2D eigenvalue weighted by molar-refractivity contribution is 5.67. The molecule has 14 heavy (non-hydrogen) atoms. The summed E-state index contributed by atoms with van der Waals surface area (Å²) in [5.41, 5.74) is 0. The number of carboxylic acid groups (broad SMARTS) is 1. The number of allylic oxidation sites excluding steroid dienone is 1. The monoisotopic (exact) mass is 198 g/mol. The molecule has 1 aliphatic carbocycles. The molecule has 0 aromatic carbocycles. The zero-order chi connectivity index (χ0) is 10.6. The van der Waals surface area contributed by atoms with Crippen molar-refractivity contribution in [2.24, 2.45) is 11.8 Å². The molecule has 0 bridgehead atoms. The van der Waals surface area contributed by atoms with E-state index in [0.29, 0.717) is 12.3 Å². The molecule has 0 aromatic heterocycles. The van der Waals surface area contributed by atoms with Gasteiger partial charge in [0.15, 0.2) is 0 Å². The Morgan fingerprint density at radius 1 is 1.57 bits per heavy atom. The Morgan fingerprint density at radius 3 is 2.64 bits per heavy atom. The van der Waals surface area contributed by atoms with Crippen LogP contribution in [0.5, 0.6) is 0 Å². The summed E-state index contributed by atoms with van der Waals surface area (Å²) >= 11 is 0. The Kier molecular flexibility index (Phi) is 4.14. The highest BCUT2D eigenvalue weighted by atomic mass is 16.4. The van der Waals surface area contributed by atoms with E-state index in [9.17, 15) is 9.90 Å². The predicted octanol–water partition coefficient (Wildman–Crippen LogP) is 1.81. The van der Waals surface area contributed by atoms with Crippen LogP contribution in [0, 0.1) is 11.8 Å². The van der Waals surface area contributed by atoms with Gasteiger partial charge >= 0.3 is 5.97 Å². The minimum atomic E-state index is -0.928. The van der Waals surface area contributed by atoms with E-state index < -0.39 is 12.1 Å². The average molecular weight is 198 g/mol. The van der Waals surface area contributed by atoms with Crippen LogP contribution in [0.2, 0.25) is 0 Å². The van der Waals surface area contributed by atoms with Gasteiger partial charge in [-0.15, -0.1) is 6.58 Å². The lowest BCUT2D eigenvalue weighted by molar-refractivity contribution is -0.140. The molecule has 1 rings (SSSR count). The first-order valence-corrected chi connectivity index (χ1v) is 5.14. The zero-order valence-corrected chi connectivity index (χ0v) is 8.35. The van der Waals surface area contributed by atoms with Gasteiger partial charge in [-0.25, -0.2) is 0 Å². The molecule has 1 aliphatic rings. The van der Waals surface area contributed by atoms with Gasteiger partial charge in [-0.05, 0) is 24.7 Å². The van der Waals surface area contributed by atoms with Gasteiger partial charge in [0.25, 0.3) is 0 Å². The second-order valence-corrected chi connectivity index (χ2v) is 4.13. The van der Waals surface area contributed by atoms with Gasteiger partial charge in [0.05, 0.1) is 12.5 Å². The van der Waals surface area contributed by atoms with Gasteiger partial charge in [-0.1, -0.05) is 18.9 Å². The molecule has 0 radical (unpaired) electrons. The largest absolute Gasteiger partial charge is 0.481 e. The first-order chi connectivity index (χ1) is 6.63. The summed E-state index contributed by atoms with van der Waals surface area (Å²) < 4.78 is 0. The number of rotatable bonds is 7. The van der Waals surface area contributed by atoms with Crippen LogP contribution in [0.4, 0.5) is 0 Å². The molecule has 2 unspecified atom stereocenters. The lowest BCUT2D eigenvalue weighted by atomic mass is 9.91. The van der Waals surface area contributed by atoms with Crippen LogP contribution >= 0.6 is 0 Å². The fourth-order valence-corrected chi connectivity index (χ4v) is 1.75. The summed E-state index contributed by atoms with van der Waals surface area (Å²) in [7, 11) is 0. The van der Waals surface area contributed by atoms with Crippen LogP contribution in [-0.2, 0) is 4.79 Å². The molecule has 0 aromatic rings. The molecule has 3 nitrogen and oxygen atoms in total. The number of aliphatic carboxylic acids is 1. The molecule has 1 saturated carbocycles. The fourth-order valence-electron chi connectivity index (χ4n) is 1.75. The van der Waals surface area contributed by atoms with E-state index in [-0.39, 0.29) is 12.3 Å². The SMILES string of the molecule is C=CCC(CC1CC1)C(O)CC(=O)O. The third kappa shape index (κ3) is 3.92. The summed E-state index contributed by atoms with van der Waals surface area (Å²) in [6.45, 7) is 3.63. The summed E-state index contributed by atoms with van der Waals surface area (Å²) in [5, 5.41) is 18.2. The standard InChI is InChI=1S/C11H18O3/c1-2-3-9(6-8-4-5-8)10(12)7-11(13)14/h2,8-10,12H,1,3-7H2,(H,13,14). The van der Waals surface area contributed by atoms with Crippen LogP contribution in [-0.4, -0.2) is 22.3 Å². The number of carbonyl (C=O) groups is 1. The maximum absolute atomic E-state index is 10.4. The van der Waals surface area contributed by atoms with Crippen LogP contribution in [0.15, 0.2) is 12.7 Å². The van der Waals surface area contributed by atoms with E-state index in [1.807, 2.05) is 0 Å². The quantitative estimate of drug-likeness (QED) is 0.613. The second-order valence-electron chi connectivity index (χ2n) is 4.13. The van der Waals surface area contributed by atoms with Crippen molar-refractivity contribution >= 4 is 5.97 Å². The zero-order valence-electron chi connectivity index (χ0n) is 8.35. The predicted molar refractivity (Wildman–Crippen MR) is 53.9 cm³/mol. The molecular formula is C11H18O3. The molecule has 0 aliphatic heterocycles. The van der Waals surface area contributed by atoms with Gasteiger partial charge < -0.3 is 10.2 Å². The van der Waals surface area contributed by atoms with Crippen molar-refractivity contribution in [3.63, 3.8) is 0 Å². The summed E-state index contributed by atoms with van der Waals surface area (Å²) in [6.07, 6.45) is 5.02. The highest BCUT2D eigenvalue weighted by Crippen LogP contribution is 2.37. The first kappa shape index (κ1) is 11.2. The van der Waals surface area contributed by atoms with E-state index in [1.165, 1.54) is 12.8 Å². The van der Waals surface area contributed by atoms with Crippen molar-refractivity contribution < 1.29 is 15.0 Å². The summed E-state index contributed by atoms with van der Waals surface area (Å²) in [5.74, 6) is -0.137. The maximum atomic E-state index is 10.4. The van der Waals surface area contributed by atoms with Gasteiger partial charge in [-0.2, -0.15) is 0 Å². The van der Waals surface area contributed by atoms with Gasteiger partial charge in [0.1, 0.15) is 0 Å². The topological polar surface area (TPSA) is 57.5 Å². The normalized spacial score (nSPS) is 20.1. The molecule has 0 amide bonds. The molecule has 2 atom stereocenters. The number of hydrogen-bond acceptors (Lipinski definition) is 2. The van der Waals surface area contributed by atoms with E-state index >= 15 is 0 Å². The number of hydrogen-bond donors (Lipinski definition) is 2. The molecule has 2 N–H and O–H groups in total. The Labute approximate surface area is 84.4 Å². The van der Waals surface area contributed by atoms with Crippen LogP contribution in [0.25, 0.3) is 0 Å². The third-order valence-electron chi connectivity index (χ3n) is 2.73. The Bertz CT molecular complexity index is 209. The van der Waals surface area contributed by atoms with E-state index in [4.69, 9.17) is 5.11 Å². The van der Waals surface area contributed by atoms with Crippen molar-refractivity contribution in [1.82, 2.24) is 0 Å². The summed E-state index contributed by atoms with van der Waals surface area (Å²) in [6, 6.07) is 0. The molecule has 80 valence electrons. The summed E-state index contributed by atoms with van der Waals surface area (Å²) in [4.78, 5) is 10.4. The Balaban J connectivity index is 2.37. The number of aliphatic hydroxyl groups excluding tert-OH is 1. The van der Waals surface area contributed by atoms with E-state index in [2.05, 4.69) is 6.58 Å². The van der Waals surface area contributed by atoms with Crippen LogP contribution in [0.1, 0.15) is 32.1 Å². The minimum Gasteiger partial charge on any atom is -0.481 e. The smallest absolute Gasteiger partial charge is 0.305 e.